The van der Waals surface area contributed by atoms with Crippen molar-refractivity contribution in [2.24, 2.45) is 0 Å². The number of nitrogens with one attached hydrogen (secondary N) is 1. The average molecular weight is 257 g/mol. The maximum absolute atomic E-state index is 12.4. The Balaban J connectivity index is 2.01. The summed E-state index contributed by atoms with van der Waals surface area (Å²) in [7, 11) is 0. The van der Waals surface area contributed by atoms with Gasteiger partial charge in [-0.15, -0.1) is 11.8 Å². The first-order chi connectivity index (χ1) is 8.09. The molecule has 2 aliphatic heterocycles. The van der Waals surface area contributed by atoms with Crippen molar-refractivity contribution < 1.29 is 9.59 Å². The second-order valence-corrected chi connectivity index (χ2v) is 5.64. The van der Waals surface area contributed by atoms with Crippen molar-refractivity contribution in [3.8, 4) is 0 Å². The molecular formula is C11H19N3O2S. The molecule has 0 aromatic carbocycles. The van der Waals surface area contributed by atoms with Crippen LogP contribution in [0.1, 0.15) is 13.8 Å². The zero-order valence-electron chi connectivity index (χ0n) is 10.3. The van der Waals surface area contributed by atoms with Crippen molar-refractivity contribution >= 4 is 23.6 Å². The smallest absolute Gasteiger partial charge is 0.246 e. The Hall–Kier alpha value is -0.750. The van der Waals surface area contributed by atoms with E-state index in [1.807, 2.05) is 4.90 Å². The number of thioether (sulfide) groups is 1. The Morgan fingerprint density at radius 3 is 2.82 bits per heavy atom. The summed E-state index contributed by atoms with van der Waals surface area (Å²) in [5.74, 6) is 1.49. The second kappa shape index (κ2) is 5.27. The van der Waals surface area contributed by atoms with Crippen molar-refractivity contribution in [1.82, 2.24) is 15.1 Å². The van der Waals surface area contributed by atoms with Crippen LogP contribution >= 0.6 is 11.8 Å². The van der Waals surface area contributed by atoms with Crippen LogP contribution in [0.4, 0.5) is 0 Å². The van der Waals surface area contributed by atoms with Crippen molar-refractivity contribution in [2.45, 2.75) is 25.9 Å². The molecule has 2 fully saturated rings. The predicted octanol–water partition coefficient (Wildman–Crippen LogP) is -0.272. The van der Waals surface area contributed by atoms with E-state index in [0.717, 1.165) is 25.4 Å². The molecule has 2 atom stereocenters. The highest BCUT2D eigenvalue weighted by Crippen LogP contribution is 2.22. The molecule has 0 aromatic heterocycles. The molecule has 0 spiro atoms. The van der Waals surface area contributed by atoms with Gasteiger partial charge < -0.3 is 15.1 Å². The fourth-order valence-corrected chi connectivity index (χ4v) is 3.51. The lowest BCUT2D eigenvalue weighted by Crippen LogP contribution is -2.56. The maximum Gasteiger partial charge on any atom is 0.246 e. The third kappa shape index (κ3) is 2.74. The molecule has 2 heterocycles. The lowest BCUT2D eigenvalue weighted by molar-refractivity contribution is -0.143. The first-order valence-electron chi connectivity index (χ1n) is 5.96. The van der Waals surface area contributed by atoms with E-state index in [0.29, 0.717) is 11.9 Å². The normalized spacial score (nSPS) is 29.5. The summed E-state index contributed by atoms with van der Waals surface area (Å²) in [4.78, 5) is 27.4. The van der Waals surface area contributed by atoms with Crippen molar-refractivity contribution in [2.75, 3.05) is 31.3 Å². The Morgan fingerprint density at radius 2 is 2.18 bits per heavy atom. The fraction of sp³-hybridized carbons (Fsp3) is 0.818. The largest absolute Gasteiger partial charge is 0.338 e. The topological polar surface area (TPSA) is 52.7 Å². The zero-order chi connectivity index (χ0) is 12.4. The molecule has 2 saturated heterocycles. The lowest BCUT2D eigenvalue weighted by Gasteiger charge is -2.35. The maximum atomic E-state index is 12.4. The van der Waals surface area contributed by atoms with Gasteiger partial charge in [0.1, 0.15) is 6.04 Å². The van der Waals surface area contributed by atoms with Gasteiger partial charge in [0.05, 0.1) is 5.88 Å². The van der Waals surface area contributed by atoms with E-state index in [2.05, 4.69) is 12.2 Å². The number of piperazine rings is 1. The Kier molecular flexibility index (Phi) is 3.93. The van der Waals surface area contributed by atoms with Gasteiger partial charge in [-0.3, -0.25) is 9.59 Å². The van der Waals surface area contributed by atoms with Crippen molar-refractivity contribution in [3.05, 3.63) is 0 Å². The summed E-state index contributed by atoms with van der Waals surface area (Å²) in [5.41, 5.74) is 0. The Bertz CT molecular complexity index is 324. The molecule has 2 amide bonds. The van der Waals surface area contributed by atoms with Crippen LogP contribution in [-0.2, 0) is 9.59 Å². The van der Waals surface area contributed by atoms with Crippen LogP contribution in [0.3, 0.4) is 0 Å². The molecule has 0 aromatic rings. The molecule has 17 heavy (non-hydrogen) atoms. The number of carbonyl (C=O) groups is 2. The minimum atomic E-state index is -0.247. The Morgan fingerprint density at radius 1 is 1.41 bits per heavy atom. The summed E-state index contributed by atoms with van der Waals surface area (Å²) in [6, 6.07) is 0.0929. The Labute approximate surface area is 106 Å². The number of amides is 2. The number of rotatable bonds is 1. The number of hydrogen-bond donors (Lipinski definition) is 1. The van der Waals surface area contributed by atoms with E-state index < -0.39 is 0 Å². The lowest BCUT2D eigenvalue weighted by atomic mass is 10.2. The molecule has 96 valence electrons. The monoisotopic (exact) mass is 257 g/mol. The highest BCUT2D eigenvalue weighted by molar-refractivity contribution is 7.99. The fourth-order valence-electron chi connectivity index (χ4n) is 2.30. The molecule has 0 bridgehead atoms. The van der Waals surface area contributed by atoms with Crippen LogP contribution in [0.25, 0.3) is 0 Å². The number of hydrogen-bond acceptors (Lipinski definition) is 4. The third-order valence-corrected chi connectivity index (χ3v) is 4.26. The summed E-state index contributed by atoms with van der Waals surface area (Å²) < 4.78 is 0. The van der Waals surface area contributed by atoms with Gasteiger partial charge in [-0.25, -0.2) is 0 Å². The van der Waals surface area contributed by atoms with Crippen LogP contribution in [0.15, 0.2) is 0 Å². The van der Waals surface area contributed by atoms with E-state index in [1.165, 1.54) is 6.92 Å². The highest BCUT2D eigenvalue weighted by Gasteiger charge is 2.36. The zero-order valence-corrected chi connectivity index (χ0v) is 11.1. The van der Waals surface area contributed by atoms with E-state index >= 15 is 0 Å². The van der Waals surface area contributed by atoms with Gasteiger partial charge in [-0.2, -0.15) is 0 Å². The van der Waals surface area contributed by atoms with Gasteiger partial charge >= 0.3 is 0 Å². The molecule has 1 N–H and O–H groups in total. The van der Waals surface area contributed by atoms with Gasteiger partial charge in [0.25, 0.3) is 0 Å². The molecule has 0 unspecified atom stereocenters. The quantitative estimate of drug-likeness (QED) is 0.702. The van der Waals surface area contributed by atoms with Gasteiger partial charge in [-0.1, -0.05) is 0 Å². The summed E-state index contributed by atoms with van der Waals surface area (Å²) >= 11 is 1.65. The average Bonchev–Trinajstić information content (AvgIpc) is 2.77. The molecule has 0 saturated carbocycles. The van der Waals surface area contributed by atoms with Gasteiger partial charge in [0.15, 0.2) is 0 Å². The van der Waals surface area contributed by atoms with E-state index in [-0.39, 0.29) is 17.9 Å². The van der Waals surface area contributed by atoms with Crippen LogP contribution in [-0.4, -0.2) is 65.0 Å². The standard InChI is InChI=1S/C11H19N3O2S/c1-8-5-13(4-3-12-8)11(16)10-6-17-7-14(10)9(2)15/h8,10,12H,3-7H2,1-2H3/t8-,10-/m0/s1. The van der Waals surface area contributed by atoms with E-state index in [9.17, 15) is 9.59 Å². The summed E-state index contributed by atoms with van der Waals surface area (Å²) in [5, 5.41) is 3.31. The molecule has 2 aliphatic rings. The van der Waals surface area contributed by atoms with Gasteiger partial charge in [-0.05, 0) is 6.92 Å². The molecular weight excluding hydrogens is 238 g/mol. The van der Waals surface area contributed by atoms with Crippen molar-refractivity contribution in [1.29, 1.82) is 0 Å². The van der Waals surface area contributed by atoms with Crippen LogP contribution in [0, 0.1) is 0 Å². The van der Waals surface area contributed by atoms with E-state index in [1.54, 1.807) is 16.7 Å². The minimum absolute atomic E-state index is 0.00321. The SMILES string of the molecule is CC(=O)N1CSC[C@H]1C(=O)N1CCN[C@@H](C)C1. The molecule has 2 rings (SSSR count). The van der Waals surface area contributed by atoms with Crippen LogP contribution in [0.5, 0.6) is 0 Å². The second-order valence-electron chi connectivity index (χ2n) is 4.64. The number of nitrogens with zero attached hydrogens (tertiary/aromatic N) is 2. The van der Waals surface area contributed by atoms with E-state index in [4.69, 9.17) is 0 Å². The van der Waals surface area contributed by atoms with Gasteiger partial charge in [0, 0.05) is 38.4 Å². The number of carbonyl (C=O) groups excluding carboxylic acids is 2. The molecule has 6 heteroatoms. The third-order valence-electron chi connectivity index (χ3n) is 3.25. The summed E-state index contributed by atoms with van der Waals surface area (Å²) in [6.07, 6.45) is 0. The predicted molar refractivity (Wildman–Crippen MR) is 67.7 cm³/mol. The molecule has 0 aliphatic carbocycles. The molecule has 0 radical (unpaired) electrons. The first kappa shape index (κ1) is 12.7. The minimum Gasteiger partial charge on any atom is -0.338 e. The highest BCUT2D eigenvalue weighted by atomic mass is 32.2. The van der Waals surface area contributed by atoms with Crippen LogP contribution in [0.2, 0.25) is 0 Å². The first-order valence-corrected chi connectivity index (χ1v) is 7.12. The summed E-state index contributed by atoms with van der Waals surface area (Å²) in [6.45, 7) is 5.94. The molecule has 5 nitrogen and oxygen atoms in total. The van der Waals surface area contributed by atoms with Crippen LogP contribution < -0.4 is 5.32 Å². The van der Waals surface area contributed by atoms with Gasteiger partial charge in [0.2, 0.25) is 11.8 Å². The van der Waals surface area contributed by atoms with Crippen molar-refractivity contribution in [3.63, 3.8) is 0 Å².